The Morgan fingerprint density at radius 1 is 1.04 bits per heavy atom. The van der Waals surface area contributed by atoms with Crippen LogP contribution in [-0.4, -0.2) is 25.6 Å². The van der Waals surface area contributed by atoms with Gasteiger partial charge >= 0.3 is 0 Å². The number of hydrogen-bond acceptors (Lipinski definition) is 3. The smallest absolute Gasteiger partial charge is 0.239 e. The number of anilines is 1. The Bertz CT molecular complexity index is 971. The van der Waals surface area contributed by atoms with Gasteiger partial charge in [-0.15, -0.1) is 0 Å². The van der Waals surface area contributed by atoms with Crippen LogP contribution in [0.15, 0.2) is 54.6 Å². The van der Waals surface area contributed by atoms with Gasteiger partial charge in [0.1, 0.15) is 12.4 Å². The molecule has 4 heteroatoms. The molecule has 2 N–H and O–H groups in total. The van der Waals surface area contributed by atoms with Crippen LogP contribution in [0.3, 0.4) is 0 Å². The fraction of sp³-hybridized carbons (Fsp3) is 0.261. The van der Waals surface area contributed by atoms with Gasteiger partial charge < -0.3 is 15.4 Å². The van der Waals surface area contributed by atoms with E-state index in [2.05, 4.69) is 41.0 Å². The molecule has 0 spiro atoms. The van der Waals surface area contributed by atoms with Gasteiger partial charge in [0, 0.05) is 11.1 Å². The van der Waals surface area contributed by atoms with E-state index in [4.69, 9.17) is 4.74 Å². The summed E-state index contributed by atoms with van der Waals surface area (Å²) in [4.78, 5) is 12.1. The number of nitrogens with one attached hydrogen (secondary N) is 2. The van der Waals surface area contributed by atoms with E-state index in [-0.39, 0.29) is 12.5 Å². The Kier molecular flexibility index (Phi) is 4.97. The summed E-state index contributed by atoms with van der Waals surface area (Å²) in [5.41, 5.74) is 4.99. The molecular weight excluding hydrogens is 336 g/mol. The van der Waals surface area contributed by atoms with Gasteiger partial charge in [0.15, 0.2) is 0 Å². The van der Waals surface area contributed by atoms with Crippen molar-refractivity contribution >= 4 is 22.4 Å². The number of carbonyl (C=O) groups excluding carboxylic acids is 1. The summed E-state index contributed by atoms with van der Waals surface area (Å²) < 4.78 is 5.66. The molecule has 138 valence electrons. The zero-order valence-electron chi connectivity index (χ0n) is 15.5. The summed E-state index contributed by atoms with van der Waals surface area (Å²) in [6.07, 6.45) is 2.22. The molecule has 0 aromatic heterocycles. The lowest BCUT2D eigenvalue weighted by Crippen LogP contribution is -2.33. The van der Waals surface area contributed by atoms with E-state index in [1.807, 2.05) is 31.2 Å². The van der Waals surface area contributed by atoms with Crippen molar-refractivity contribution in [2.75, 3.05) is 25.0 Å². The number of hydrogen-bond donors (Lipinski definition) is 2. The Morgan fingerprint density at radius 3 is 2.70 bits per heavy atom. The summed E-state index contributed by atoms with van der Waals surface area (Å²) in [5.74, 6) is 0.793. The molecule has 0 aliphatic heterocycles. The van der Waals surface area contributed by atoms with E-state index in [0.717, 1.165) is 29.8 Å². The van der Waals surface area contributed by atoms with Gasteiger partial charge in [-0.25, -0.2) is 0 Å². The first kappa shape index (κ1) is 17.4. The second-order valence-corrected chi connectivity index (χ2v) is 6.98. The highest BCUT2D eigenvalue weighted by Gasteiger charge is 2.15. The van der Waals surface area contributed by atoms with Gasteiger partial charge in [0.25, 0.3) is 0 Å². The van der Waals surface area contributed by atoms with Crippen molar-refractivity contribution < 1.29 is 9.53 Å². The van der Waals surface area contributed by atoms with Gasteiger partial charge in [-0.05, 0) is 60.0 Å². The molecule has 27 heavy (non-hydrogen) atoms. The van der Waals surface area contributed by atoms with Crippen LogP contribution in [0.25, 0.3) is 10.8 Å². The van der Waals surface area contributed by atoms with E-state index < -0.39 is 0 Å². The van der Waals surface area contributed by atoms with E-state index in [1.165, 1.54) is 21.9 Å². The van der Waals surface area contributed by atoms with Crippen LogP contribution in [0.5, 0.6) is 5.75 Å². The first-order valence-electron chi connectivity index (χ1n) is 9.44. The highest BCUT2D eigenvalue weighted by atomic mass is 16.5. The molecule has 1 aliphatic rings. The number of rotatable bonds is 7. The number of amides is 1. The lowest BCUT2D eigenvalue weighted by atomic mass is 10.0. The molecular formula is C23H24N2O2. The first-order valence-corrected chi connectivity index (χ1v) is 9.44. The Labute approximate surface area is 159 Å². The molecule has 4 nitrogen and oxygen atoms in total. The SMILES string of the molecule is Cc1cccc(OCCNC(=O)CNc2ccc3c4c(cccc24)CC3)c1. The molecule has 0 atom stereocenters. The summed E-state index contributed by atoms with van der Waals surface area (Å²) in [5, 5.41) is 8.74. The molecule has 3 aromatic carbocycles. The van der Waals surface area contributed by atoms with Crippen LogP contribution < -0.4 is 15.4 Å². The normalized spacial score (nSPS) is 12.2. The van der Waals surface area contributed by atoms with E-state index in [1.54, 1.807) is 0 Å². The minimum atomic E-state index is -0.0360. The van der Waals surface area contributed by atoms with E-state index in [0.29, 0.717) is 13.2 Å². The molecule has 0 bridgehead atoms. The lowest BCUT2D eigenvalue weighted by Gasteiger charge is -2.12. The Hall–Kier alpha value is -3.01. The molecule has 0 saturated carbocycles. The molecule has 0 unspecified atom stereocenters. The topological polar surface area (TPSA) is 50.4 Å². The van der Waals surface area contributed by atoms with Gasteiger partial charge in [-0.1, -0.05) is 36.4 Å². The van der Waals surface area contributed by atoms with Crippen LogP contribution in [0, 0.1) is 6.92 Å². The van der Waals surface area contributed by atoms with Crippen LogP contribution in [0.2, 0.25) is 0 Å². The molecule has 0 saturated heterocycles. The van der Waals surface area contributed by atoms with Crippen molar-refractivity contribution in [1.29, 1.82) is 0 Å². The molecule has 0 heterocycles. The third-order valence-corrected chi connectivity index (χ3v) is 5.00. The van der Waals surface area contributed by atoms with Crippen LogP contribution >= 0.6 is 0 Å². The highest BCUT2D eigenvalue weighted by molar-refractivity contribution is 6.00. The standard InChI is InChI=1S/C23H24N2O2/c1-16-4-2-6-19(14-16)27-13-12-24-22(26)15-25-21-11-10-18-9-8-17-5-3-7-20(21)23(17)18/h2-7,10-11,14,25H,8-9,12-13,15H2,1H3,(H,24,26). The molecule has 0 radical (unpaired) electrons. The predicted octanol–water partition coefficient (Wildman–Crippen LogP) is 3.85. The maximum Gasteiger partial charge on any atom is 0.239 e. The zero-order valence-corrected chi connectivity index (χ0v) is 15.5. The summed E-state index contributed by atoms with van der Waals surface area (Å²) in [6.45, 7) is 3.22. The van der Waals surface area contributed by atoms with Crippen molar-refractivity contribution in [3.05, 3.63) is 71.3 Å². The zero-order chi connectivity index (χ0) is 18.6. The summed E-state index contributed by atoms with van der Waals surface area (Å²) >= 11 is 0. The van der Waals surface area contributed by atoms with Crippen LogP contribution in [0.4, 0.5) is 5.69 Å². The monoisotopic (exact) mass is 360 g/mol. The minimum Gasteiger partial charge on any atom is -0.492 e. The number of benzene rings is 3. The molecule has 3 aromatic rings. The second-order valence-electron chi connectivity index (χ2n) is 6.98. The van der Waals surface area contributed by atoms with Gasteiger partial charge in [-0.3, -0.25) is 4.79 Å². The fourth-order valence-electron chi connectivity index (χ4n) is 3.70. The van der Waals surface area contributed by atoms with E-state index in [9.17, 15) is 4.79 Å². The first-order chi connectivity index (χ1) is 13.2. The average Bonchev–Trinajstić information content (AvgIpc) is 3.10. The van der Waals surface area contributed by atoms with Crippen molar-refractivity contribution in [3.8, 4) is 5.75 Å². The largest absolute Gasteiger partial charge is 0.492 e. The molecule has 1 amide bonds. The van der Waals surface area contributed by atoms with Crippen molar-refractivity contribution in [2.24, 2.45) is 0 Å². The van der Waals surface area contributed by atoms with Crippen LogP contribution in [-0.2, 0) is 17.6 Å². The van der Waals surface area contributed by atoms with Crippen molar-refractivity contribution in [1.82, 2.24) is 5.32 Å². The fourth-order valence-corrected chi connectivity index (χ4v) is 3.70. The summed E-state index contributed by atoms with van der Waals surface area (Å²) in [7, 11) is 0. The van der Waals surface area contributed by atoms with Gasteiger partial charge in [0.2, 0.25) is 5.91 Å². The molecule has 0 fully saturated rings. The van der Waals surface area contributed by atoms with Crippen molar-refractivity contribution in [2.45, 2.75) is 19.8 Å². The Balaban J connectivity index is 1.28. The highest BCUT2D eigenvalue weighted by Crippen LogP contribution is 2.34. The maximum atomic E-state index is 12.1. The minimum absolute atomic E-state index is 0.0360. The molecule has 1 aliphatic carbocycles. The van der Waals surface area contributed by atoms with Crippen LogP contribution in [0.1, 0.15) is 16.7 Å². The number of aryl methyl sites for hydroxylation is 3. The maximum absolute atomic E-state index is 12.1. The third-order valence-electron chi connectivity index (χ3n) is 5.00. The summed E-state index contributed by atoms with van der Waals surface area (Å²) in [6, 6.07) is 18.6. The predicted molar refractivity (Wildman–Crippen MR) is 110 cm³/mol. The van der Waals surface area contributed by atoms with Gasteiger partial charge in [0.05, 0.1) is 13.1 Å². The average molecular weight is 360 g/mol. The Morgan fingerprint density at radius 2 is 1.85 bits per heavy atom. The molecule has 4 rings (SSSR count). The van der Waals surface area contributed by atoms with Gasteiger partial charge in [-0.2, -0.15) is 0 Å². The number of ether oxygens (including phenoxy) is 1. The lowest BCUT2D eigenvalue weighted by molar-refractivity contribution is -0.119. The van der Waals surface area contributed by atoms with E-state index >= 15 is 0 Å². The van der Waals surface area contributed by atoms with Crippen molar-refractivity contribution in [3.63, 3.8) is 0 Å². The number of carbonyl (C=O) groups is 1. The quantitative estimate of drug-likeness (QED) is 0.629. The third kappa shape index (κ3) is 3.90. The second kappa shape index (κ2) is 7.70.